The van der Waals surface area contributed by atoms with Gasteiger partial charge in [0.1, 0.15) is 0 Å². The quantitative estimate of drug-likeness (QED) is 0.105. The van der Waals surface area contributed by atoms with Crippen LogP contribution in [-0.4, -0.2) is 19.9 Å². The van der Waals surface area contributed by atoms with Gasteiger partial charge in [0.2, 0.25) is 0 Å². The van der Waals surface area contributed by atoms with Crippen molar-refractivity contribution in [2.75, 3.05) is 0 Å². The van der Waals surface area contributed by atoms with E-state index in [9.17, 15) is 0 Å². The molecule has 5 aromatic rings. The topological polar surface area (TPSA) is 57.4 Å². The van der Waals surface area contributed by atoms with Gasteiger partial charge in [-0.25, -0.2) is 9.97 Å². The van der Waals surface area contributed by atoms with Crippen LogP contribution in [0.25, 0.3) is 68.6 Å². The average Bonchev–Trinajstić information content (AvgIpc) is 4.02. The fraction of sp³-hybridized carbons (Fsp3) is 0.347. The Morgan fingerprint density at radius 1 is 0.453 bits per heavy atom. The molecule has 0 saturated heterocycles. The van der Waals surface area contributed by atoms with E-state index in [0.717, 1.165) is 44.8 Å². The van der Waals surface area contributed by atoms with Gasteiger partial charge < -0.3 is 9.97 Å². The molecule has 0 fully saturated rings. The third-order valence-electron chi connectivity index (χ3n) is 11.6. The van der Waals surface area contributed by atoms with Crippen LogP contribution in [0.2, 0.25) is 0 Å². The van der Waals surface area contributed by atoms with Gasteiger partial charge in [-0.1, -0.05) is 133 Å². The summed E-state index contributed by atoms with van der Waals surface area (Å²) in [4.78, 5) is 17.3. The highest BCUT2D eigenvalue weighted by Gasteiger charge is 2.44. The van der Waals surface area contributed by atoms with Crippen molar-refractivity contribution in [1.29, 1.82) is 0 Å². The first-order valence-corrected chi connectivity index (χ1v) is 20.5. The van der Waals surface area contributed by atoms with Crippen molar-refractivity contribution in [3.05, 3.63) is 119 Å². The normalized spacial score (nSPS) is 13.8. The number of aromatic nitrogens is 4. The molecule has 270 valence electrons. The maximum Gasteiger partial charge on any atom is 0.0659 e. The zero-order chi connectivity index (χ0) is 36.0. The van der Waals surface area contributed by atoms with E-state index in [0.29, 0.717) is 0 Å². The molecule has 0 amide bonds. The van der Waals surface area contributed by atoms with E-state index in [4.69, 9.17) is 9.97 Å². The summed E-state index contributed by atoms with van der Waals surface area (Å²) in [5.74, 6) is 0. The molecule has 4 heteroatoms. The van der Waals surface area contributed by atoms with Gasteiger partial charge in [0.15, 0.2) is 0 Å². The number of rotatable bonds is 15. The van der Waals surface area contributed by atoms with Gasteiger partial charge in [0.05, 0.1) is 22.8 Å². The molecule has 3 aliphatic rings. The van der Waals surface area contributed by atoms with Crippen LogP contribution >= 0.6 is 0 Å². The predicted molar refractivity (Wildman–Crippen MR) is 226 cm³/mol. The lowest BCUT2D eigenvalue weighted by Gasteiger charge is -2.34. The number of hydrogen-bond acceptors (Lipinski definition) is 2. The van der Waals surface area contributed by atoms with Crippen LogP contribution < -0.4 is 0 Å². The second-order valence-electron chi connectivity index (χ2n) is 15.5. The number of nitrogens with one attached hydrogen (secondary N) is 2. The molecular formula is C49H54N4. The van der Waals surface area contributed by atoms with E-state index < -0.39 is 0 Å². The van der Waals surface area contributed by atoms with Gasteiger partial charge in [-0.15, -0.1) is 0 Å². The lowest BCUT2D eigenvalue weighted by molar-refractivity contribution is 0.398. The Balaban J connectivity index is 1.29. The maximum absolute atomic E-state index is 5.03. The van der Waals surface area contributed by atoms with Crippen molar-refractivity contribution < 1.29 is 0 Å². The molecule has 0 spiro atoms. The van der Waals surface area contributed by atoms with Gasteiger partial charge in [-0.05, 0) is 107 Å². The zero-order valence-corrected chi connectivity index (χ0v) is 31.7. The molecule has 0 unspecified atom stereocenters. The van der Waals surface area contributed by atoms with Crippen molar-refractivity contribution in [1.82, 2.24) is 19.9 Å². The highest BCUT2D eigenvalue weighted by atomic mass is 14.8. The van der Waals surface area contributed by atoms with Crippen molar-refractivity contribution in [3.63, 3.8) is 0 Å². The first-order chi connectivity index (χ1) is 26.1. The number of aromatic amines is 2. The monoisotopic (exact) mass is 698 g/mol. The van der Waals surface area contributed by atoms with E-state index >= 15 is 0 Å². The molecule has 4 nitrogen and oxygen atoms in total. The summed E-state index contributed by atoms with van der Waals surface area (Å²) in [6.07, 6.45) is 26.5. The van der Waals surface area contributed by atoms with Gasteiger partial charge in [-0.3, -0.25) is 0 Å². The third kappa shape index (κ3) is 7.47. The number of fused-ring (bicyclic) bond motifs is 11. The van der Waals surface area contributed by atoms with E-state index in [1.807, 2.05) is 0 Å². The molecule has 1 aliphatic carbocycles. The highest BCUT2D eigenvalue weighted by Crippen LogP contribution is 2.57. The third-order valence-corrected chi connectivity index (χ3v) is 11.6. The van der Waals surface area contributed by atoms with E-state index in [1.54, 1.807) is 5.56 Å². The smallest absolute Gasteiger partial charge is 0.0659 e. The largest absolute Gasteiger partial charge is 0.355 e. The van der Waals surface area contributed by atoms with Crippen molar-refractivity contribution >= 4 is 46.4 Å². The summed E-state index contributed by atoms with van der Waals surface area (Å²) in [5, 5.41) is 0. The van der Waals surface area contributed by atoms with Crippen LogP contribution in [0.15, 0.2) is 84.9 Å². The first-order valence-electron chi connectivity index (χ1n) is 20.5. The Labute approximate surface area is 315 Å². The van der Waals surface area contributed by atoms with E-state index in [1.165, 1.54) is 118 Å². The molecule has 2 aromatic carbocycles. The van der Waals surface area contributed by atoms with E-state index in [2.05, 4.69) is 133 Å². The van der Waals surface area contributed by atoms with Crippen LogP contribution in [0.1, 0.15) is 138 Å². The summed E-state index contributed by atoms with van der Waals surface area (Å²) < 4.78 is 0. The molecule has 2 aliphatic heterocycles. The molecule has 0 saturated carbocycles. The van der Waals surface area contributed by atoms with Crippen LogP contribution in [0.4, 0.5) is 0 Å². The lowest BCUT2D eigenvalue weighted by Crippen LogP contribution is -2.26. The SMILES string of the molecule is CCCCCCCCC1(CCCCCCCC)c2ccccc2-c2cccc(-c3cc4cc5ccc(cc6nc(cc7nc(cc3[nH]4)C=C7)C=C6)[nH]5)c21. The van der Waals surface area contributed by atoms with Crippen molar-refractivity contribution in [2.45, 2.75) is 109 Å². The first kappa shape index (κ1) is 35.1. The summed E-state index contributed by atoms with van der Waals surface area (Å²) >= 11 is 0. The average molecular weight is 699 g/mol. The van der Waals surface area contributed by atoms with Gasteiger partial charge in [0.25, 0.3) is 0 Å². The van der Waals surface area contributed by atoms with Crippen molar-refractivity contribution in [2.24, 2.45) is 0 Å². The Bertz CT molecular complexity index is 2280. The zero-order valence-electron chi connectivity index (χ0n) is 31.7. The Morgan fingerprint density at radius 3 is 1.68 bits per heavy atom. The second-order valence-corrected chi connectivity index (χ2v) is 15.5. The Hall–Kier alpha value is -4.96. The fourth-order valence-electron chi connectivity index (χ4n) is 9.09. The summed E-state index contributed by atoms with van der Waals surface area (Å²) in [6, 6.07) is 31.7. The number of nitrogens with zero attached hydrogens (tertiary/aromatic N) is 2. The predicted octanol–water partition coefficient (Wildman–Crippen LogP) is 14.1. The number of unbranched alkanes of at least 4 members (excludes halogenated alkanes) is 10. The van der Waals surface area contributed by atoms with Crippen molar-refractivity contribution in [3.8, 4) is 22.3 Å². The Morgan fingerprint density at radius 2 is 1.00 bits per heavy atom. The Kier molecular flexibility index (Phi) is 10.6. The second kappa shape index (κ2) is 16.0. The van der Waals surface area contributed by atoms with E-state index in [-0.39, 0.29) is 5.41 Å². The van der Waals surface area contributed by atoms with Crippen LogP contribution in [0.3, 0.4) is 0 Å². The molecule has 3 aromatic heterocycles. The molecule has 5 heterocycles. The molecule has 0 radical (unpaired) electrons. The molecule has 2 N–H and O–H groups in total. The number of H-pyrrole nitrogens is 2. The number of benzene rings is 2. The minimum atomic E-state index is -0.0121. The van der Waals surface area contributed by atoms with Crippen LogP contribution in [-0.2, 0) is 5.41 Å². The van der Waals surface area contributed by atoms with Gasteiger partial charge >= 0.3 is 0 Å². The number of hydrogen-bond donors (Lipinski definition) is 2. The molecule has 0 atom stereocenters. The minimum absolute atomic E-state index is 0.0121. The van der Waals surface area contributed by atoms with Crippen LogP contribution in [0, 0.1) is 0 Å². The molecule has 53 heavy (non-hydrogen) atoms. The lowest BCUT2D eigenvalue weighted by atomic mass is 9.68. The maximum atomic E-state index is 5.03. The summed E-state index contributed by atoms with van der Waals surface area (Å²) in [7, 11) is 0. The summed E-state index contributed by atoms with van der Waals surface area (Å²) in [5.41, 5.74) is 16.5. The molecular weight excluding hydrogens is 645 g/mol. The fourth-order valence-corrected chi connectivity index (χ4v) is 9.09. The molecule has 8 rings (SSSR count). The summed E-state index contributed by atoms with van der Waals surface area (Å²) in [6.45, 7) is 4.62. The highest BCUT2D eigenvalue weighted by molar-refractivity contribution is 5.95. The minimum Gasteiger partial charge on any atom is -0.355 e. The van der Waals surface area contributed by atoms with Gasteiger partial charge in [0, 0.05) is 33.0 Å². The van der Waals surface area contributed by atoms with Gasteiger partial charge in [-0.2, -0.15) is 0 Å². The van der Waals surface area contributed by atoms with Crippen LogP contribution in [0.5, 0.6) is 0 Å². The standard InChI is InChI=1S/C49H54N4/c1-3-5-7-9-11-15-28-49(29-16-12-10-8-6-4-2)46-21-14-13-18-42(46)43-19-17-20-44(48(43)49)45-33-41-32-39-25-24-37(51-39)30-35-22-23-36(50-35)31-38-26-27-40(52-38)34-47(45)53-41/h13-14,17-27,30-34,51,53H,3-12,15-16,28-29H2,1-2H3. The molecule has 8 bridgehead atoms.